The van der Waals surface area contributed by atoms with Gasteiger partial charge in [-0.3, -0.25) is 14.8 Å². The van der Waals surface area contributed by atoms with E-state index >= 15 is 0 Å². The van der Waals surface area contributed by atoms with Gasteiger partial charge in [-0.25, -0.2) is 0 Å². The van der Waals surface area contributed by atoms with Crippen LogP contribution >= 0.6 is 24.0 Å². The molecule has 1 unspecified atom stereocenters. The number of likely N-dealkylation sites (N-methyl/N-ethyl adjacent to an activating group) is 1. The minimum absolute atomic E-state index is 0. The molecule has 3 rings (SSSR count). The maximum Gasteiger partial charge on any atom is 0.194 e. The van der Waals surface area contributed by atoms with E-state index < -0.39 is 0 Å². The van der Waals surface area contributed by atoms with Crippen molar-refractivity contribution in [3.63, 3.8) is 0 Å². The Hall–Kier alpha value is -0.120. The van der Waals surface area contributed by atoms with Gasteiger partial charge in [0.25, 0.3) is 0 Å². The van der Waals surface area contributed by atoms with Crippen molar-refractivity contribution >= 4 is 29.9 Å². The Morgan fingerprint density at radius 3 is 2.56 bits per heavy atom. The number of rotatable bonds is 7. The molecule has 1 atom stereocenters. The molecule has 3 aliphatic rings. The molecule has 1 aliphatic carbocycles. The lowest BCUT2D eigenvalue weighted by atomic mass is 10.2. The van der Waals surface area contributed by atoms with E-state index in [2.05, 4.69) is 33.9 Å². The minimum atomic E-state index is 0. The molecule has 0 spiro atoms. The minimum Gasteiger partial charge on any atom is -0.379 e. The van der Waals surface area contributed by atoms with Crippen LogP contribution in [0.1, 0.15) is 33.1 Å². The summed E-state index contributed by atoms with van der Waals surface area (Å²) in [4.78, 5) is 12.5. The number of halogens is 1. The highest BCUT2D eigenvalue weighted by Crippen LogP contribution is 2.26. The average molecular weight is 465 g/mol. The monoisotopic (exact) mass is 465 g/mol. The molecule has 0 aromatic heterocycles. The zero-order valence-corrected chi connectivity index (χ0v) is 18.3. The predicted octanol–water partition coefficient (Wildman–Crippen LogP) is 1.46. The number of aliphatic imine (C=N–C) groups is 1. The van der Waals surface area contributed by atoms with Gasteiger partial charge in [-0.05, 0) is 32.7 Å². The molecule has 3 fully saturated rings. The second kappa shape index (κ2) is 10.9. The van der Waals surface area contributed by atoms with Crippen molar-refractivity contribution < 1.29 is 4.74 Å². The molecule has 7 heteroatoms. The van der Waals surface area contributed by atoms with Crippen LogP contribution in [-0.2, 0) is 4.74 Å². The van der Waals surface area contributed by atoms with Crippen LogP contribution in [0, 0.1) is 0 Å². The first-order chi connectivity index (χ1) is 11.8. The average Bonchev–Trinajstić information content (AvgIpc) is 3.34. The van der Waals surface area contributed by atoms with Gasteiger partial charge < -0.3 is 15.0 Å². The molecule has 0 aromatic rings. The first-order valence-electron chi connectivity index (χ1n) is 9.91. The smallest absolute Gasteiger partial charge is 0.194 e. The summed E-state index contributed by atoms with van der Waals surface area (Å²) >= 11 is 0. The maximum absolute atomic E-state index is 5.49. The van der Waals surface area contributed by atoms with Crippen LogP contribution in [0.4, 0.5) is 0 Å². The summed E-state index contributed by atoms with van der Waals surface area (Å²) < 4.78 is 5.49. The molecule has 0 radical (unpaired) electrons. The summed E-state index contributed by atoms with van der Waals surface area (Å²) in [7, 11) is 0. The molecule has 25 heavy (non-hydrogen) atoms. The Morgan fingerprint density at radius 2 is 1.92 bits per heavy atom. The Bertz CT molecular complexity index is 412. The summed E-state index contributed by atoms with van der Waals surface area (Å²) in [5, 5.41) is 3.50. The molecular formula is C18H36IN5O. The third-order valence-corrected chi connectivity index (χ3v) is 5.48. The fourth-order valence-electron chi connectivity index (χ4n) is 3.92. The third-order valence-electron chi connectivity index (χ3n) is 5.48. The van der Waals surface area contributed by atoms with Crippen LogP contribution in [0.3, 0.4) is 0 Å². The van der Waals surface area contributed by atoms with Crippen LogP contribution in [0.5, 0.6) is 0 Å². The number of nitrogens with zero attached hydrogens (tertiary/aromatic N) is 4. The summed E-state index contributed by atoms with van der Waals surface area (Å²) in [5.74, 6) is 1.11. The molecule has 2 heterocycles. The van der Waals surface area contributed by atoms with Gasteiger partial charge in [0.05, 0.1) is 19.8 Å². The molecule has 0 bridgehead atoms. The molecular weight excluding hydrogens is 429 g/mol. The van der Waals surface area contributed by atoms with Crippen molar-refractivity contribution in [3.05, 3.63) is 0 Å². The van der Waals surface area contributed by atoms with Gasteiger partial charge in [-0.15, -0.1) is 24.0 Å². The quantitative estimate of drug-likeness (QED) is 0.351. The number of nitrogens with one attached hydrogen (secondary N) is 1. The molecule has 2 aliphatic heterocycles. The number of ether oxygens (including phenoxy) is 1. The molecule has 6 nitrogen and oxygen atoms in total. The van der Waals surface area contributed by atoms with Crippen molar-refractivity contribution in [2.45, 2.75) is 45.2 Å². The van der Waals surface area contributed by atoms with E-state index in [-0.39, 0.29) is 24.0 Å². The summed E-state index contributed by atoms with van der Waals surface area (Å²) in [6.07, 6.45) is 4.00. The summed E-state index contributed by atoms with van der Waals surface area (Å²) in [6, 6.07) is 1.50. The Labute approximate surface area is 170 Å². The molecule has 1 N–H and O–H groups in total. The van der Waals surface area contributed by atoms with Crippen molar-refractivity contribution in [1.29, 1.82) is 0 Å². The van der Waals surface area contributed by atoms with E-state index in [9.17, 15) is 0 Å². The fraction of sp³-hybridized carbons (Fsp3) is 0.944. The fourth-order valence-corrected chi connectivity index (χ4v) is 3.92. The first kappa shape index (κ1) is 21.2. The second-order valence-electron chi connectivity index (χ2n) is 7.13. The van der Waals surface area contributed by atoms with E-state index in [1.807, 2.05) is 0 Å². The summed E-state index contributed by atoms with van der Waals surface area (Å²) in [6.45, 7) is 14.7. The largest absolute Gasteiger partial charge is 0.379 e. The van der Waals surface area contributed by atoms with Crippen molar-refractivity contribution in [1.82, 2.24) is 20.0 Å². The molecule has 0 aromatic carbocycles. The standard InChI is InChI=1S/C18H35N5O.HI/c1-3-19-18(20-8-10-21(4-2)16-5-6-16)23-9-7-17(15-23)22-11-13-24-14-12-22;/h16-17H,3-15H2,1-2H3,(H,19,20);1H. The zero-order chi connectivity index (χ0) is 16.8. The SMILES string of the molecule is CCNC(=NCCN(CC)C1CC1)N1CCC(N2CCOCC2)C1.I. The first-order valence-corrected chi connectivity index (χ1v) is 9.91. The highest BCUT2D eigenvalue weighted by Gasteiger charge is 2.30. The Kier molecular flexibility index (Phi) is 9.23. The van der Waals surface area contributed by atoms with Gasteiger partial charge >= 0.3 is 0 Å². The Morgan fingerprint density at radius 1 is 1.16 bits per heavy atom. The van der Waals surface area contributed by atoms with Crippen LogP contribution in [0.25, 0.3) is 0 Å². The van der Waals surface area contributed by atoms with Gasteiger partial charge in [0.1, 0.15) is 0 Å². The number of hydrogen-bond donors (Lipinski definition) is 1. The van der Waals surface area contributed by atoms with E-state index in [0.29, 0.717) is 6.04 Å². The topological polar surface area (TPSA) is 43.3 Å². The van der Waals surface area contributed by atoms with E-state index in [1.54, 1.807) is 0 Å². The van der Waals surface area contributed by atoms with Gasteiger partial charge in [0, 0.05) is 51.4 Å². The van der Waals surface area contributed by atoms with Crippen LogP contribution in [-0.4, -0.2) is 98.3 Å². The zero-order valence-electron chi connectivity index (χ0n) is 16.0. The second-order valence-corrected chi connectivity index (χ2v) is 7.13. The highest BCUT2D eigenvalue weighted by molar-refractivity contribution is 14.0. The number of likely N-dealkylation sites (tertiary alicyclic amines) is 1. The number of hydrogen-bond acceptors (Lipinski definition) is 4. The van der Waals surface area contributed by atoms with E-state index in [4.69, 9.17) is 9.73 Å². The molecule has 146 valence electrons. The molecule has 1 saturated carbocycles. The third kappa shape index (κ3) is 6.22. The maximum atomic E-state index is 5.49. The lowest BCUT2D eigenvalue weighted by molar-refractivity contribution is 0.0195. The van der Waals surface area contributed by atoms with Gasteiger partial charge in [0.15, 0.2) is 5.96 Å². The lowest BCUT2D eigenvalue weighted by Gasteiger charge is -2.32. The van der Waals surface area contributed by atoms with Gasteiger partial charge in [-0.2, -0.15) is 0 Å². The molecule has 0 amide bonds. The normalized spacial score (nSPS) is 25.3. The number of morpholine rings is 1. The predicted molar refractivity (Wildman–Crippen MR) is 114 cm³/mol. The van der Waals surface area contributed by atoms with Crippen molar-refractivity contribution in [2.75, 3.05) is 65.6 Å². The summed E-state index contributed by atoms with van der Waals surface area (Å²) in [5.41, 5.74) is 0. The van der Waals surface area contributed by atoms with Crippen molar-refractivity contribution in [3.8, 4) is 0 Å². The van der Waals surface area contributed by atoms with Crippen LogP contribution in [0.2, 0.25) is 0 Å². The highest BCUT2D eigenvalue weighted by atomic mass is 127. The van der Waals surface area contributed by atoms with Crippen LogP contribution in [0.15, 0.2) is 4.99 Å². The van der Waals surface area contributed by atoms with Crippen LogP contribution < -0.4 is 5.32 Å². The Balaban J connectivity index is 0.00000225. The van der Waals surface area contributed by atoms with Gasteiger partial charge in [-0.1, -0.05) is 6.92 Å². The van der Waals surface area contributed by atoms with E-state index in [1.165, 1.54) is 19.3 Å². The van der Waals surface area contributed by atoms with Crippen molar-refractivity contribution in [2.24, 2.45) is 4.99 Å². The lowest BCUT2D eigenvalue weighted by Crippen LogP contribution is -2.46. The van der Waals surface area contributed by atoms with E-state index in [0.717, 1.165) is 77.6 Å². The van der Waals surface area contributed by atoms with Gasteiger partial charge in [0.2, 0.25) is 0 Å². The molecule has 2 saturated heterocycles. The number of guanidine groups is 1.